The van der Waals surface area contributed by atoms with Crippen molar-refractivity contribution in [2.75, 3.05) is 32.7 Å². The lowest BCUT2D eigenvalue weighted by Crippen LogP contribution is -2.61. The maximum absolute atomic E-state index is 12.2. The number of carbonyl (C=O) groups is 1. The van der Waals surface area contributed by atoms with Crippen LogP contribution in [-0.4, -0.2) is 60.1 Å². The van der Waals surface area contributed by atoms with Crippen molar-refractivity contribution in [2.24, 2.45) is 5.92 Å². The fourth-order valence-electron chi connectivity index (χ4n) is 3.51. The number of ether oxygens (including phenoxy) is 1. The van der Waals surface area contributed by atoms with Gasteiger partial charge in [0.05, 0.1) is 5.60 Å². The zero-order valence-corrected chi connectivity index (χ0v) is 15.7. The number of rotatable bonds is 5. The summed E-state index contributed by atoms with van der Waals surface area (Å²) in [6, 6.07) is 0. The van der Waals surface area contributed by atoms with E-state index in [4.69, 9.17) is 4.74 Å². The zero-order chi connectivity index (χ0) is 15.5. The molecule has 2 heterocycles. The van der Waals surface area contributed by atoms with Crippen LogP contribution in [0.5, 0.6) is 0 Å². The molecule has 4 nitrogen and oxygen atoms in total. The Morgan fingerprint density at radius 1 is 1.27 bits per heavy atom. The minimum Gasteiger partial charge on any atom is -0.360 e. The molecule has 22 heavy (non-hydrogen) atoms. The van der Waals surface area contributed by atoms with Crippen molar-refractivity contribution in [3.8, 4) is 0 Å². The summed E-state index contributed by atoms with van der Waals surface area (Å²) >= 11 is 0. The summed E-state index contributed by atoms with van der Waals surface area (Å²) in [6.45, 7) is 13.7. The number of likely N-dealkylation sites (tertiary alicyclic amines) is 1. The van der Waals surface area contributed by atoms with E-state index in [0.717, 1.165) is 51.4 Å². The minimum atomic E-state index is -0.271. The van der Waals surface area contributed by atoms with Crippen LogP contribution < -0.4 is 0 Å². The number of piperidine rings is 1. The largest absolute Gasteiger partial charge is 0.360 e. The normalized spacial score (nSPS) is 25.6. The smallest absolute Gasteiger partial charge is 0.251 e. The molecule has 0 saturated carbocycles. The molecule has 0 aromatic heterocycles. The minimum absolute atomic E-state index is 0. The molecule has 0 bridgehead atoms. The standard InChI is InChI=1S/C17H32N2O2.H2S/c1-5-9-19-13-17(21-15(4)16(19)20)7-11-18(12-8-17)10-6-14(2)3;/h14-15H,5-13H2,1-4H3;1H2/t15-;/m0./s1. The van der Waals surface area contributed by atoms with Crippen LogP contribution in [0.2, 0.25) is 0 Å². The van der Waals surface area contributed by atoms with Gasteiger partial charge < -0.3 is 14.5 Å². The zero-order valence-electron chi connectivity index (χ0n) is 14.7. The summed E-state index contributed by atoms with van der Waals surface area (Å²) < 4.78 is 6.16. The quantitative estimate of drug-likeness (QED) is 0.777. The van der Waals surface area contributed by atoms with Gasteiger partial charge in [-0.1, -0.05) is 20.8 Å². The van der Waals surface area contributed by atoms with Gasteiger partial charge >= 0.3 is 0 Å². The molecule has 1 spiro atoms. The van der Waals surface area contributed by atoms with Crippen LogP contribution in [0.25, 0.3) is 0 Å². The molecule has 1 atom stereocenters. The van der Waals surface area contributed by atoms with Gasteiger partial charge in [-0.3, -0.25) is 4.79 Å². The van der Waals surface area contributed by atoms with Crippen molar-refractivity contribution in [3.05, 3.63) is 0 Å². The molecule has 0 aromatic carbocycles. The Bertz CT molecular complexity index is 355. The fraction of sp³-hybridized carbons (Fsp3) is 0.941. The van der Waals surface area contributed by atoms with E-state index in [0.29, 0.717) is 0 Å². The number of amides is 1. The van der Waals surface area contributed by atoms with E-state index in [1.54, 1.807) is 0 Å². The number of hydrogen-bond acceptors (Lipinski definition) is 3. The molecule has 2 aliphatic rings. The molecule has 0 aliphatic carbocycles. The second-order valence-corrected chi connectivity index (χ2v) is 7.23. The Balaban J connectivity index is 0.00000242. The molecule has 0 radical (unpaired) electrons. The SMILES string of the molecule is CCCN1CC2(CCN(CCC(C)C)CC2)O[C@@H](C)C1=O.S. The van der Waals surface area contributed by atoms with Crippen molar-refractivity contribution >= 4 is 19.4 Å². The van der Waals surface area contributed by atoms with E-state index in [1.165, 1.54) is 13.0 Å². The van der Waals surface area contributed by atoms with Crippen LogP contribution in [0.4, 0.5) is 0 Å². The molecule has 2 fully saturated rings. The van der Waals surface area contributed by atoms with Crippen LogP contribution >= 0.6 is 13.5 Å². The van der Waals surface area contributed by atoms with Crippen LogP contribution in [0.1, 0.15) is 53.4 Å². The average molecular weight is 331 g/mol. The van der Waals surface area contributed by atoms with Crippen LogP contribution in [-0.2, 0) is 9.53 Å². The molecule has 2 rings (SSSR count). The molecule has 5 heteroatoms. The van der Waals surface area contributed by atoms with Crippen molar-refractivity contribution in [1.29, 1.82) is 0 Å². The van der Waals surface area contributed by atoms with Crippen molar-refractivity contribution in [2.45, 2.75) is 65.1 Å². The van der Waals surface area contributed by atoms with Gasteiger partial charge in [0, 0.05) is 26.2 Å². The van der Waals surface area contributed by atoms with E-state index in [1.807, 2.05) is 11.8 Å². The van der Waals surface area contributed by atoms with Gasteiger partial charge in [-0.15, -0.1) is 0 Å². The summed E-state index contributed by atoms with van der Waals surface area (Å²) in [7, 11) is 0. The first-order valence-corrected chi connectivity index (χ1v) is 8.65. The molecular formula is C17H34N2O2S. The van der Waals surface area contributed by atoms with Gasteiger partial charge in [0.25, 0.3) is 5.91 Å². The third kappa shape index (κ3) is 4.87. The first kappa shape index (κ1) is 19.8. The molecule has 2 aliphatic heterocycles. The van der Waals surface area contributed by atoms with Gasteiger partial charge in [-0.05, 0) is 45.1 Å². The lowest BCUT2D eigenvalue weighted by Gasteiger charge is -2.49. The Morgan fingerprint density at radius 2 is 1.91 bits per heavy atom. The highest BCUT2D eigenvalue weighted by Gasteiger charge is 2.44. The topological polar surface area (TPSA) is 32.8 Å². The van der Waals surface area contributed by atoms with Gasteiger partial charge in [-0.25, -0.2) is 0 Å². The second kappa shape index (κ2) is 8.55. The number of hydrogen-bond donors (Lipinski definition) is 0. The van der Waals surface area contributed by atoms with E-state index < -0.39 is 0 Å². The van der Waals surface area contributed by atoms with E-state index in [2.05, 4.69) is 25.7 Å². The number of carbonyl (C=O) groups excluding carboxylic acids is 1. The Morgan fingerprint density at radius 3 is 2.45 bits per heavy atom. The molecule has 2 saturated heterocycles. The third-order valence-electron chi connectivity index (χ3n) is 4.85. The maximum Gasteiger partial charge on any atom is 0.251 e. The van der Waals surface area contributed by atoms with Crippen molar-refractivity contribution < 1.29 is 9.53 Å². The van der Waals surface area contributed by atoms with Gasteiger partial charge in [0.15, 0.2) is 0 Å². The van der Waals surface area contributed by atoms with Gasteiger partial charge in [0.1, 0.15) is 6.10 Å². The summed E-state index contributed by atoms with van der Waals surface area (Å²) in [5, 5.41) is 0. The molecule has 0 aromatic rings. The van der Waals surface area contributed by atoms with Gasteiger partial charge in [-0.2, -0.15) is 13.5 Å². The van der Waals surface area contributed by atoms with E-state index >= 15 is 0 Å². The van der Waals surface area contributed by atoms with Crippen molar-refractivity contribution in [3.63, 3.8) is 0 Å². The first-order valence-electron chi connectivity index (χ1n) is 8.65. The Hall–Kier alpha value is -0.260. The predicted octanol–water partition coefficient (Wildman–Crippen LogP) is 2.64. The van der Waals surface area contributed by atoms with Crippen LogP contribution in [0, 0.1) is 5.92 Å². The van der Waals surface area contributed by atoms with E-state index in [-0.39, 0.29) is 31.1 Å². The van der Waals surface area contributed by atoms with Gasteiger partial charge in [0.2, 0.25) is 0 Å². The summed E-state index contributed by atoms with van der Waals surface area (Å²) in [6.07, 6.45) is 4.14. The molecule has 0 N–H and O–H groups in total. The van der Waals surface area contributed by atoms with Crippen molar-refractivity contribution in [1.82, 2.24) is 9.80 Å². The molecular weight excluding hydrogens is 296 g/mol. The molecule has 1 amide bonds. The monoisotopic (exact) mass is 330 g/mol. The lowest BCUT2D eigenvalue weighted by atomic mass is 9.88. The highest BCUT2D eigenvalue weighted by atomic mass is 32.1. The highest BCUT2D eigenvalue weighted by molar-refractivity contribution is 7.59. The Labute approximate surface area is 143 Å². The molecule has 130 valence electrons. The summed E-state index contributed by atoms with van der Waals surface area (Å²) in [4.78, 5) is 16.8. The number of morpholine rings is 1. The summed E-state index contributed by atoms with van der Waals surface area (Å²) in [5.41, 5.74) is -0.0865. The molecule has 0 unspecified atom stereocenters. The predicted molar refractivity (Wildman–Crippen MR) is 95.7 cm³/mol. The second-order valence-electron chi connectivity index (χ2n) is 7.23. The van der Waals surface area contributed by atoms with E-state index in [9.17, 15) is 4.79 Å². The Kier molecular flexibility index (Phi) is 7.69. The summed E-state index contributed by atoms with van der Waals surface area (Å²) in [5.74, 6) is 0.939. The van der Waals surface area contributed by atoms with Crippen LogP contribution in [0.15, 0.2) is 0 Å². The lowest BCUT2D eigenvalue weighted by molar-refractivity contribution is -0.189. The average Bonchev–Trinajstić information content (AvgIpc) is 2.44. The third-order valence-corrected chi connectivity index (χ3v) is 4.85. The first-order chi connectivity index (χ1) is 9.96. The highest BCUT2D eigenvalue weighted by Crippen LogP contribution is 2.33. The van der Waals surface area contributed by atoms with Crippen LogP contribution in [0.3, 0.4) is 0 Å². The number of nitrogens with zero attached hydrogens (tertiary/aromatic N) is 2. The fourth-order valence-corrected chi connectivity index (χ4v) is 3.51. The maximum atomic E-state index is 12.2.